The molecule has 1 amide bonds. The summed E-state index contributed by atoms with van der Waals surface area (Å²) in [6.45, 7) is 1.46. The van der Waals surface area contributed by atoms with Crippen molar-refractivity contribution in [2.75, 3.05) is 32.6 Å². The Labute approximate surface area is 176 Å². The third-order valence-electron chi connectivity index (χ3n) is 5.58. The zero-order valence-electron chi connectivity index (χ0n) is 17.3. The third-order valence-corrected chi connectivity index (χ3v) is 5.58. The van der Waals surface area contributed by atoms with Crippen LogP contribution in [-0.2, 0) is 0 Å². The van der Waals surface area contributed by atoms with Crippen molar-refractivity contribution in [2.45, 2.75) is 18.8 Å². The van der Waals surface area contributed by atoms with Gasteiger partial charge in [0.15, 0.2) is 0 Å². The Morgan fingerprint density at radius 3 is 2.37 bits per heavy atom. The van der Waals surface area contributed by atoms with Crippen LogP contribution in [0.5, 0.6) is 5.75 Å². The summed E-state index contributed by atoms with van der Waals surface area (Å²) in [7, 11) is 3.49. The van der Waals surface area contributed by atoms with E-state index in [2.05, 4.69) is 16.4 Å². The lowest BCUT2D eigenvalue weighted by Crippen LogP contribution is -2.38. The van der Waals surface area contributed by atoms with Crippen LogP contribution in [-0.4, -0.2) is 48.0 Å². The van der Waals surface area contributed by atoms with E-state index in [0.717, 1.165) is 54.2 Å². The summed E-state index contributed by atoms with van der Waals surface area (Å²) >= 11 is 0. The molecule has 154 valence electrons. The SMILES string of the molecule is CNc1nc(-c2ccc(OC)cc2)cc(C2CCN(C(=O)c3ccccc3)CC2)n1. The van der Waals surface area contributed by atoms with Gasteiger partial charge in [0.05, 0.1) is 12.8 Å². The zero-order chi connectivity index (χ0) is 20.9. The fraction of sp³-hybridized carbons (Fsp3) is 0.292. The van der Waals surface area contributed by atoms with Gasteiger partial charge in [0.2, 0.25) is 5.95 Å². The van der Waals surface area contributed by atoms with Crippen molar-refractivity contribution >= 4 is 11.9 Å². The number of nitrogens with zero attached hydrogens (tertiary/aromatic N) is 3. The number of piperidine rings is 1. The second-order valence-electron chi connectivity index (χ2n) is 7.41. The maximum atomic E-state index is 12.7. The third kappa shape index (κ3) is 4.27. The predicted molar refractivity (Wildman–Crippen MR) is 118 cm³/mol. The molecule has 1 aliphatic rings. The number of ether oxygens (including phenoxy) is 1. The van der Waals surface area contributed by atoms with Crippen LogP contribution in [0.2, 0.25) is 0 Å². The minimum atomic E-state index is 0.103. The number of rotatable bonds is 5. The quantitative estimate of drug-likeness (QED) is 0.692. The number of amides is 1. The van der Waals surface area contributed by atoms with E-state index < -0.39 is 0 Å². The molecule has 0 unspecified atom stereocenters. The van der Waals surface area contributed by atoms with Crippen molar-refractivity contribution in [3.8, 4) is 17.0 Å². The molecule has 1 aromatic heterocycles. The summed E-state index contributed by atoms with van der Waals surface area (Å²) in [6.07, 6.45) is 1.78. The summed E-state index contributed by atoms with van der Waals surface area (Å²) in [5.41, 5.74) is 3.67. The molecule has 1 saturated heterocycles. The number of likely N-dealkylation sites (tertiary alicyclic amines) is 1. The molecule has 0 atom stereocenters. The highest BCUT2D eigenvalue weighted by Crippen LogP contribution is 2.31. The van der Waals surface area contributed by atoms with E-state index in [1.807, 2.05) is 66.5 Å². The minimum absolute atomic E-state index is 0.103. The lowest BCUT2D eigenvalue weighted by atomic mass is 9.92. The first-order valence-corrected chi connectivity index (χ1v) is 10.2. The summed E-state index contributed by atoms with van der Waals surface area (Å²) in [5, 5.41) is 3.08. The number of benzene rings is 2. The molecule has 0 saturated carbocycles. The van der Waals surface area contributed by atoms with Gasteiger partial charge in [0.25, 0.3) is 5.91 Å². The maximum absolute atomic E-state index is 12.7. The number of anilines is 1. The van der Waals surface area contributed by atoms with Crippen LogP contribution in [0.25, 0.3) is 11.3 Å². The zero-order valence-corrected chi connectivity index (χ0v) is 17.3. The van der Waals surface area contributed by atoms with E-state index in [1.165, 1.54) is 0 Å². The molecule has 1 aliphatic heterocycles. The number of methoxy groups -OCH3 is 1. The normalized spacial score (nSPS) is 14.4. The van der Waals surface area contributed by atoms with Gasteiger partial charge in [-0.05, 0) is 55.3 Å². The predicted octanol–water partition coefficient (Wildman–Crippen LogP) is 4.21. The summed E-state index contributed by atoms with van der Waals surface area (Å²) in [6, 6.07) is 19.4. The Balaban J connectivity index is 1.51. The van der Waals surface area contributed by atoms with Crippen molar-refractivity contribution in [2.24, 2.45) is 0 Å². The smallest absolute Gasteiger partial charge is 0.253 e. The molecule has 2 heterocycles. The van der Waals surface area contributed by atoms with Crippen LogP contribution >= 0.6 is 0 Å². The Hall–Kier alpha value is -3.41. The molecule has 4 rings (SSSR count). The highest BCUT2D eigenvalue weighted by Gasteiger charge is 2.26. The number of carbonyl (C=O) groups excluding carboxylic acids is 1. The molecule has 1 N–H and O–H groups in total. The van der Waals surface area contributed by atoms with Crippen LogP contribution in [0.3, 0.4) is 0 Å². The molecule has 0 spiro atoms. The maximum Gasteiger partial charge on any atom is 0.253 e. The van der Waals surface area contributed by atoms with Crippen molar-refractivity contribution in [1.29, 1.82) is 0 Å². The van der Waals surface area contributed by atoms with E-state index in [9.17, 15) is 4.79 Å². The minimum Gasteiger partial charge on any atom is -0.497 e. The van der Waals surface area contributed by atoms with Crippen molar-refractivity contribution < 1.29 is 9.53 Å². The Kier molecular flexibility index (Phi) is 5.93. The molecule has 6 nitrogen and oxygen atoms in total. The van der Waals surface area contributed by atoms with Crippen molar-refractivity contribution in [1.82, 2.24) is 14.9 Å². The Morgan fingerprint density at radius 1 is 1.03 bits per heavy atom. The second-order valence-corrected chi connectivity index (χ2v) is 7.41. The molecule has 30 heavy (non-hydrogen) atoms. The fourth-order valence-corrected chi connectivity index (χ4v) is 3.84. The topological polar surface area (TPSA) is 67.4 Å². The van der Waals surface area contributed by atoms with Crippen LogP contribution in [0.15, 0.2) is 60.7 Å². The molecule has 3 aromatic rings. The first-order chi connectivity index (χ1) is 14.7. The molecule has 6 heteroatoms. The number of hydrogen-bond donors (Lipinski definition) is 1. The highest BCUT2D eigenvalue weighted by atomic mass is 16.5. The van der Waals surface area contributed by atoms with Gasteiger partial charge in [-0.25, -0.2) is 9.97 Å². The van der Waals surface area contributed by atoms with Gasteiger partial charge in [0, 0.05) is 42.9 Å². The number of carbonyl (C=O) groups is 1. The van der Waals surface area contributed by atoms with E-state index >= 15 is 0 Å². The summed E-state index contributed by atoms with van der Waals surface area (Å²) in [5.74, 6) is 1.84. The van der Waals surface area contributed by atoms with Crippen LogP contribution < -0.4 is 10.1 Å². The standard InChI is InChI=1S/C24H26N4O2/c1-25-24-26-21(17-8-10-20(30-2)11-9-17)16-22(27-24)18-12-14-28(15-13-18)23(29)19-6-4-3-5-7-19/h3-11,16,18H,12-15H2,1-2H3,(H,25,26,27). The van der Waals surface area contributed by atoms with Crippen LogP contribution in [0.4, 0.5) is 5.95 Å². The lowest BCUT2D eigenvalue weighted by molar-refractivity contribution is 0.0712. The average molecular weight is 402 g/mol. The van der Waals surface area contributed by atoms with Gasteiger partial charge in [0.1, 0.15) is 5.75 Å². The summed E-state index contributed by atoms with van der Waals surface area (Å²) in [4.78, 5) is 24.0. The van der Waals surface area contributed by atoms with Crippen molar-refractivity contribution in [3.05, 3.63) is 71.9 Å². The first kappa shape index (κ1) is 19.9. The van der Waals surface area contributed by atoms with Crippen LogP contribution in [0.1, 0.15) is 34.8 Å². The largest absolute Gasteiger partial charge is 0.497 e. The van der Waals surface area contributed by atoms with Gasteiger partial charge in [-0.15, -0.1) is 0 Å². The first-order valence-electron chi connectivity index (χ1n) is 10.2. The Morgan fingerprint density at radius 2 is 1.73 bits per heavy atom. The number of nitrogens with one attached hydrogen (secondary N) is 1. The lowest BCUT2D eigenvalue weighted by Gasteiger charge is -2.32. The van der Waals surface area contributed by atoms with E-state index in [-0.39, 0.29) is 5.91 Å². The fourth-order valence-electron chi connectivity index (χ4n) is 3.84. The monoisotopic (exact) mass is 402 g/mol. The molecule has 0 bridgehead atoms. The molecule has 0 aliphatic carbocycles. The van der Waals surface area contributed by atoms with Gasteiger partial charge >= 0.3 is 0 Å². The molecule has 1 fully saturated rings. The van der Waals surface area contributed by atoms with Gasteiger partial charge < -0.3 is 15.0 Å². The van der Waals surface area contributed by atoms with Gasteiger partial charge in [-0.1, -0.05) is 18.2 Å². The van der Waals surface area contributed by atoms with E-state index in [4.69, 9.17) is 9.72 Å². The van der Waals surface area contributed by atoms with E-state index in [1.54, 1.807) is 7.11 Å². The van der Waals surface area contributed by atoms with Gasteiger partial charge in [-0.2, -0.15) is 0 Å². The molecular weight excluding hydrogens is 376 g/mol. The van der Waals surface area contributed by atoms with Crippen LogP contribution in [0, 0.1) is 0 Å². The van der Waals surface area contributed by atoms with E-state index in [0.29, 0.717) is 11.9 Å². The highest BCUT2D eigenvalue weighted by molar-refractivity contribution is 5.94. The molecule has 0 radical (unpaired) electrons. The number of hydrogen-bond acceptors (Lipinski definition) is 5. The summed E-state index contributed by atoms with van der Waals surface area (Å²) < 4.78 is 5.25. The Bertz CT molecular complexity index is 997. The number of aromatic nitrogens is 2. The molecular formula is C24H26N4O2. The van der Waals surface area contributed by atoms with Crippen molar-refractivity contribution in [3.63, 3.8) is 0 Å². The second kappa shape index (κ2) is 8.95. The van der Waals surface area contributed by atoms with Gasteiger partial charge in [-0.3, -0.25) is 4.79 Å². The average Bonchev–Trinajstić information content (AvgIpc) is 2.84. The molecule has 2 aromatic carbocycles.